The lowest BCUT2D eigenvalue weighted by atomic mass is 9.79. The van der Waals surface area contributed by atoms with Crippen LogP contribution in [0.15, 0.2) is 97.1 Å². The SMILES string of the molecule is Cc1ccccc1-c1cc2c(cc1C(c1ccccc1)c1ccccc1)CCC2. The molecule has 0 heterocycles. The van der Waals surface area contributed by atoms with Gasteiger partial charge in [-0.25, -0.2) is 0 Å². The quantitative estimate of drug-likeness (QED) is 0.328. The Morgan fingerprint density at radius 1 is 0.586 bits per heavy atom. The van der Waals surface area contributed by atoms with E-state index in [1.54, 1.807) is 0 Å². The van der Waals surface area contributed by atoms with Gasteiger partial charge >= 0.3 is 0 Å². The molecule has 0 spiro atoms. The number of aryl methyl sites for hydroxylation is 3. The summed E-state index contributed by atoms with van der Waals surface area (Å²) in [6, 6.07) is 35.7. The molecule has 0 N–H and O–H groups in total. The Morgan fingerprint density at radius 2 is 1.14 bits per heavy atom. The molecular weight excluding hydrogens is 348 g/mol. The molecule has 0 aromatic heterocycles. The molecule has 5 rings (SSSR count). The van der Waals surface area contributed by atoms with Crippen LogP contribution in [0.3, 0.4) is 0 Å². The minimum absolute atomic E-state index is 0.234. The number of rotatable bonds is 4. The van der Waals surface area contributed by atoms with Gasteiger partial charge in [0.15, 0.2) is 0 Å². The summed E-state index contributed by atoms with van der Waals surface area (Å²) in [4.78, 5) is 0. The van der Waals surface area contributed by atoms with Crippen molar-refractivity contribution < 1.29 is 0 Å². The van der Waals surface area contributed by atoms with Gasteiger partial charge in [0.25, 0.3) is 0 Å². The molecule has 4 aromatic carbocycles. The lowest BCUT2D eigenvalue weighted by molar-refractivity contribution is 0.910. The Balaban J connectivity index is 1.79. The zero-order chi connectivity index (χ0) is 19.6. The highest BCUT2D eigenvalue weighted by Gasteiger charge is 2.24. The van der Waals surface area contributed by atoms with Crippen LogP contribution in [-0.4, -0.2) is 0 Å². The van der Waals surface area contributed by atoms with Crippen molar-refractivity contribution in [1.82, 2.24) is 0 Å². The van der Waals surface area contributed by atoms with Crippen molar-refractivity contribution in [3.63, 3.8) is 0 Å². The van der Waals surface area contributed by atoms with Gasteiger partial charge in [0.05, 0.1) is 0 Å². The zero-order valence-corrected chi connectivity index (χ0v) is 16.9. The maximum atomic E-state index is 2.51. The molecule has 0 unspecified atom stereocenters. The molecule has 1 aliphatic carbocycles. The molecule has 0 nitrogen and oxygen atoms in total. The van der Waals surface area contributed by atoms with Crippen molar-refractivity contribution in [2.75, 3.05) is 0 Å². The van der Waals surface area contributed by atoms with Crippen LogP contribution in [0.5, 0.6) is 0 Å². The first-order valence-electron chi connectivity index (χ1n) is 10.6. The molecule has 0 aliphatic heterocycles. The monoisotopic (exact) mass is 374 g/mol. The van der Waals surface area contributed by atoms with Gasteiger partial charge in [-0.1, -0.05) is 97.1 Å². The van der Waals surface area contributed by atoms with Gasteiger partial charge in [0.1, 0.15) is 0 Å². The Labute approximate surface area is 173 Å². The van der Waals surface area contributed by atoms with Crippen molar-refractivity contribution in [1.29, 1.82) is 0 Å². The average molecular weight is 375 g/mol. The number of benzene rings is 4. The first-order chi connectivity index (χ1) is 14.3. The summed E-state index contributed by atoms with van der Waals surface area (Å²) in [5, 5.41) is 0. The molecule has 0 bridgehead atoms. The van der Waals surface area contributed by atoms with Crippen LogP contribution in [0, 0.1) is 6.92 Å². The Hall–Kier alpha value is -3.12. The second-order valence-corrected chi connectivity index (χ2v) is 8.13. The van der Waals surface area contributed by atoms with Crippen LogP contribution < -0.4 is 0 Å². The van der Waals surface area contributed by atoms with E-state index < -0.39 is 0 Å². The number of hydrogen-bond acceptors (Lipinski definition) is 0. The van der Waals surface area contributed by atoms with E-state index >= 15 is 0 Å². The molecule has 0 fully saturated rings. The fraction of sp³-hybridized carbons (Fsp3) is 0.172. The van der Waals surface area contributed by atoms with Gasteiger partial charge in [-0.3, -0.25) is 0 Å². The minimum atomic E-state index is 0.234. The molecule has 4 aromatic rings. The molecular formula is C29H26. The smallest absolute Gasteiger partial charge is 0.0346 e. The van der Waals surface area contributed by atoms with Gasteiger partial charge in [0, 0.05) is 5.92 Å². The molecule has 142 valence electrons. The predicted molar refractivity (Wildman–Crippen MR) is 122 cm³/mol. The Bertz CT molecular complexity index is 1080. The molecule has 0 radical (unpaired) electrons. The summed E-state index contributed by atoms with van der Waals surface area (Å²) >= 11 is 0. The van der Waals surface area contributed by atoms with Crippen LogP contribution in [0.25, 0.3) is 11.1 Å². The van der Waals surface area contributed by atoms with Crippen LogP contribution in [0.4, 0.5) is 0 Å². The van der Waals surface area contributed by atoms with E-state index in [4.69, 9.17) is 0 Å². The second kappa shape index (κ2) is 7.72. The first-order valence-corrected chi connectivity index (χ1v) is 10.6. The molecule has 0 amide bonds. The standard InChI is InChI=1S/C29H26/c1-21-11-8-9-18-26(21)27-19-24-16-10-17-25(24)20-28(27)29(22-12-4-2-5-13-22)23-14-6-3-7-15-23/h2-9,11-15,18-20,29H,10,16-17H2,1H3. The van der Waals surface area contributed by atoms with Crippen LogP contribution in [-0.2, 0) is 12.8 Å². The number of fused-ring (bicyclic) bond motifs is 1. The third-order valence-electron chi connectivity index (χ3n) is 6.28. The molecule has 0 saturated heterocycles. The van der Waals surface area contributed by atoms with Crippen LogP contribution >= 0.6 is 0 Å². The molecule has 1 aliphatic rings. The summed E-state index contributed by atoms with van der Waals surface area (Å²) in [7, 11) is 0. The van der Waals surface area contributed by atoms with Gasteiger partial charge in [-0.05, 0) is 70.7 Å². The lowest BCUT2D eigenvalue weighted by Gasteiger charge is -2.24. The van der Waals surface area contributed by atoms with Crippen LogP contribution in [0.2, 0.25) is 0 Å². The fourth-order valence-electron chi connectivity index (χ4n) is 4.83. The van der Waals surface area contributed by atoms with E-state index in [0.717, 1.165) is 0 Å². The summed E-state index contributed by atoms with van der Waals surface area (Å²) < 4.78 is 0. The topological polar surface area (TPSA) is 0 Å². The average Bonchev–Trinajstić information content (AvgIpc) is 3.23. The second-order valence-electron chi connectivity index (χ2n) is 8.13. The lowest BCUT2D eigenvalue weighted by Crippen LogP contribution is -2.07. The van der Waals surface area contributed by atoms with E-state index in [1.165, 1.54) is 63.8 Å². The van der Waals surface area contributed by atoms with Crippen molar-refractivity contribution in [3.8, 4) is 11.1 Å². The Morgan fingerprint density at radius 3 is 1.76 bits per heavy atom. The number of hydrogen-bond donors (Lipinski definition) is 0. The van der Waals surface area contributed by atoms with E-state index in [1.807, 2.05) is 0 Å². The molecule has 0 saturated carbocycles. The van der Waals surface area contributed by atoms with Gasteiger partial charge < -0.3 is 0 Å². The summed E-state index contributed by atoms with van der Waals surface area (Å²) in [5.74, 6) is 0.234. The highest BCUT2D eigenvalue weighted by Crippen LogP contribution is 2.41. The maximum absolute atomic E-state index is 2.51. The van der Waals surface area contributed by atoms with Crippen molar-refractivity contribution in [2.24, 2.45) is 0 Å². The van der Waals surface area contributed by atoms with Crippen molar-refractivity contribution in [2.45, 2.75) is 32.1 Å². The van der Waals surface area contributed by atoms with E-state index in [-0.39, 0.29) is 5.92 Å². The summed E-state index contributed by atoms with van der Waals surface area (Å²) in [6.45, 7) is 2.23. The highest BCUT2D eigenvalue weighted by atomic mass is 14.3. The minimum Gasteiger partial charge on any atom is -0.0622 e. The highest BCUT2D eigenvalue weighted by molar-refractivity contribution is 5.74. The van der Waals surface area contributed by atoms with E-state index in [0.29, 0.717) is 0 Å². The van der Waals surface area contributed by atoms with Crippen LogP contribution in [0.1, 0.15) is 45.7 Å². The predicted octanol–water partition coefficient (Wildman–Crippen LogP) is 7.33. The Kier molecular flexibility index (Phi) is 4.77. The van der Waals surface area contributed by atoms with Gasteiger partial charge in [0.2, 0.25) is 0 Å². The van der Waals surface area contributed by atoms with Crippen molar-refractivity contribution >= 4 is 0 Å². The molecule has 0 heteroatoms. The summed E-state index contributed by atoms with van der Waals surface area (Å²) in [6.07, 6.45) is 3.68. The summed E-state index contributed by atoms with van der Waals surface area (Å²) in [5.41, 5.74) is 11.3. The largest absolute Gasteiger partial charge is 0.0622 e. The third kappa shape index (κ3) is 3.40. The van der Waals surface area contributed by atoms with Crippen molar-refractivity contribution in [3.05, 3.63) is 130 Å². The fourth-order valence-corrected chi connectivity index (χ4v) is 4.83. The third-order valence-corrected chi connectivity index (χ3v) is 6.28. The maximum Gasteiger partial charge on any atom is 0.0346 e. The molecule has 0 atom stereocenters. The first kappa shape index (κ1) is 17.9. The van der Waals surface area contributed by atoms with E-state index in [9.17, 15) is 0 Å². The van der Waals surface area contributed by atoms with Gasteiger partial charge in [-0.2, -0.15) is 0 Å². The van der Waals surface area contributed by atoms with Gasteiger partial charge in [-0.15, -0.1) is 0 Å². The molecule has 29 heavy (non-hydrogen) atoms. The van der Waals surface area contributed by atoms with E-state index in [2.05, 4.69) is 104 Å². The normalized spacial score (nSPS) is 12.9. The zero-order valence-electron chi connectivity index (χ0n) is 16.9.